The van der Waals surface area contributed by atoms with Crippen molar-refractivity contribution >= 4 is 10.1 Å². The molecule has 0 aromatic heterocycles. The van der Waals surface area contributed by atoms with Gasteiger partial charge >= 0.3 is 6.18 Å². The largest absolute Gasteiger partial charge is 0.748 e. The average molecular weight is 1300 g/mol. The second kappa shape index (κ2) is 59.6. The SMILES string of the molecule is CC(CCS(=O)(=O)[O-])C(F)(F)F.CCCCCCCCC1=C(CCCCCCCC)[N+](CCCCCCCC)(CCCCCCCC)C(CCCCCCCC)(CCCCCCCC)C(CCCCCCCC)(CCCCCCCC)C1CCCCCCCC. The smallest absolute Gasteiger partial charge is 0.391 e. The topological polar surface area (TPSA) is 57.2 Å². The van der Waals surface area contributed by atoms with Crippen LogP contribution in [-0.2, 0) is 10.1 Å². The number of alkyl halides is 3. The van der Waals surface area contributed by atoms with E-state index < -0.39 is 34.4 Å². The normalized spacial score (nSPS) is 16.0. The molecule has 0 radical (unpaired) electrons. The maximum atomic E-state index is 11.7. The minimum absolute atomic E-state index is 0.358. The Kier molecular flexibility index (Phi) is 59.2. The Labute approximate surface area is 564 Å². The lowest BCUT2D eigenvalue weighted by atomic mass is 9.48. The van der Waals surface area contributed by atoms with Crippen LogP contribution >= 0.6 is 0 Å². The summed E-state index contributed by atoms with van der Waals surface area (Å²) < 4.78 is 66.5. The second-order valence-electron chi connectivity index (χ2n) is 29.8. The van der Waals surface area contributed by atoms with Gasteiger partial charge in [0, 0.05) is 30.4 Å². The van der Waals surface area contributed by atoms with Gasteiger partial charge in [0.2, 0.25) is 0 Å². The fourth-order valence-electron chi connectivity index (χ4n) is 16.7. The van der Waals surface area contributed by atoms with Crippen LogP contribution in [0.2, 0.25) is 0 Å². The predicted octanol–water partition coefficient (Wildman–Crippen LogP) is 29.5. The van der Waals surface area contributed by atoms with Crippen LogP contribution in [0.1, 0.15) is 467 Å². The molecule has 2 unspecified atom stereocenters. The molecule has 1 rings (SSSR count). The van der Waals surface area contributed by atoms with Crippen LogP contribution in [0.3, 0.4) is 0 Å². The lowest BCUT2D eigenvalue weighted by Gasteiger charge is -2.69. The molecule has 0 bridgehead atoms. The molecule has 8 heteroatoms. The summed E-state index contributed by atoms with van der Waals surface area (Å²) in [7, 11) is -4.53. The highest BCUT2D eigenvalue weighted by Crippen LogP contribution is 2.67. The van der Waals surface area contributed by atoms with Gasteiger partial charge in [-0.2, -0.15) is 13.2 Å². The molecule has 0 saturated heterocycles. The van der Waals surface area contributed by atoms with Gasteiger partial charge in [-0.05, 0) is 95.0 Å². The monoisotopic (exact) mass is 1300 g/mol. The predicted molar refractivity (Wildman–Crippen MR) is 393 cm³/mol. The maximum Gasteiger partial charge on any atom is 0.391 e. The van der Waals surface area contributed by atoms with Gasteiger partial charge in [-0.25, -0.2) is 8.42 Å². The summed E-state index contributed by atoms with van der Waals surface area (Å²) in [6, 6.07) is 0. The quantitative estimate of drug-likeness (QED) is 0.0346. The number of allylic oxidation sites excluding steroid dienone is 2. The van der Waals surface area contributed by atoms with Crippen LogP contribution in [-0.4, -0.2) is 48.0 Å². The zero-order chi connectivity index (χ0) is 66.8. The Bertz CT molecular complexity index is 1630. The lowest BCUT2D eigenvalue weighted by molar-refractivity contribution is -0.960. The summed E-state index contributed by atoms with van der Waals surface area (Å²) >= 11 is 0. The second-order valence-corrected chi connectivity index (χ2v) is 31.3. The third-order valence-corrected chi connectivity index (χ3v) is 22.9. The molecule has 0 amide bonds. The van der Waals surface area contributed by atoms with E-state index in [4.69, 9.17) is 0 Å². The third-order valence-electron chi connectivity index (χ3n) is 22.1. The van der Waals surface area contributed by atoms with Gasteiger partial charge < -0.3 is 4.55 Å². The number of hydrogen-bond acceptors (Lipinski definition) is 3. The molecule has 0 fully saturated rings. The van der Waals surface area contributed by atoms with E-state index in [0.29, 0.717) is 11.0 Å². The first-order chi connectivity index (χ1) is 43.6. The van der Waals surface area contributed by atoms with Gasteiger partial charge in [0.15, 0.2) is 0 Å². The Morgan fingerprint density at radius 3 is 0.956 bits per heavy atom. The van der Waals surface area contributed by atoms with Crippen molar-refractivity contribution in [3.63, 3.8) is 0 Å². The number of rotatable bonds is 66. The maximum absolute atomic E-state index is 11.7. The van der Waals surface area contributed by atoms with E-state index in [0.717, 1.165) is 12.8 Å². The summed E-state index contributed by atoms with van der Waals surface area (Å²) in [5.41, 5.74) is 5.10. The van der Waals surface area contributed by atoms with Crippen LogP contribution in [0.25, 0.3) is 0 Å². The Morgan fingerprint density at radius 2 is 0.644 bits per heavy atom. The molecule has 90 heavy (non-hydrogen) atoms. The van der Waals surface area contributed by atoms with Crippen LogP contribution < -0.4 is 0 Å². The van der Waals surface area contributed by atoms with E-state index in [2.05, 4.69) is 73.6 Å². The van der Waals surface area contributed by atoms with Crippen molar-refractivity contribution in [3.05, 3.63) is 11.3 Å². The minimum Gasteiger partial charge on any atom is -0.748 e. The first-order valence-electron chi connectivity index (χ1n) is 41.2. The van der Waals surface area contributed by atoms with Gasteiger partial charge in [0.05, 0.1) is 29.1 Å². The summed E-state index contributed by atoms with van der Waals surface area (Å²) in [4.78, 5) is 0. The summed E-state index contributed by atoms with van der Waals surface area (Å²) in [5.74, 6) is -1.91. The van der Waals surface area contributed by atoms with E-state index in [1.54, 1.807) is 25.7 Å². The van der Waals surface area contributed by atoms with Crippen molar-refractivity contribution in [2.45, 2.75) is 479 Å². The third kappa shape index (κ3) is 40.2. The molecule has 0 N–H and O–H groups in total. The number of nitrogens with zero attached hydrogens (tertiary/aromatic N) is 1. The molecule has 1 heterocycles. The Hall–Kier alpha value is -0.600. The first-order valence-corrected chi connectivity index (χ1v) is 42.8. The molecule has 2 atom stereocenters. The molecule has 1 aliphatic heterocycles. The van der Waals surface area contributed by atoms with Crippen molar-refractivity contribution in [3.8, 4) is 0 Å². The molecule has 0 saturated carbocycles. The van der Waals surface area contributed by atoms with E-state index in [1.807, 2.05) is 0 Å². The Morgan fingerprint density at radius 1 is 0.378 bits per heavy atom. The van der Waals surface area contributed by atoms with Gasteiger partial charge in [0.25, 0.3) is 0 Å². The molecule has 0 aliphatic carbocycles. The van der Waals surface area contributed by atoms with Crippen LogP contribution in [0, 0.1) is 17.3 Å². The molecule has 4 nitrogen and oxygen atoms in total. The highest BCUT2D eigenvalue weighted by atomic mass is 32.2. The van der Waals surface area contributed by atoms with Crippen molar-refractivity contribution in [2.75, 3.05) is 18.8 Å². The van der Waals surface area contributed by atoms with E-state index in [1.165, 1.54) is 384 Å². The lowest BCUT2D eigenvalue weighted by Crippen LogP contribution is -2.75. The van der Waals surface area contributed by atoms with E-state index in [-0.39, 0.29) is 0 Å². The molecule has 0 spiro atoms. The van der Waals surface area contributed by atoms with Crippen molar-refractivity contribution in [1.82, 2.24) is 0 Å². The fraction of sp³-hybridized carbons (Fsp3) is 0.976. The molecule has 1 aliphatic rings. The zero-order valence-corrected chi connectivity index (χ0v) is 63.6. The number of halogens is 3. The van der Waals surface area contributed by atoms with Gasteiger partial charge in [-0.1, -0.05) is 365 Å². The molecular weight excluding hydrogens is 1140 g/mol. The number of unbranched alkanes of at least 4 members (excludes halogenated alkanes) is 45. The van der Waals surface area contributed by atoms with Crippen molar-refractivity contribution in [1.29, 1.82) is 0 Å². The highest BCUT2D eigenvalue weighted by molar-refractivity contribution is 7.85. The standard InChI is InChI=1S/C77H154N.C5H9F3O3S/c1-10-19-28-37-46-55-64-73-74(65-56-47-38-29-20-11-2)76(67-58-49-40-31-22-13-4,68-59-50-41-32-23-14-5)77(69-60-51-42-33-24-15-6,70-61-52-43-34-25-16-7)78(71-62-53-44-35-26-17-8,72-63-54-45-36-27-18-9)75(73)66-57-48-39-30-21-12-3;1-4(5(6,7)8)2-3-12(9,10)11/h74H,10-72H2,1-9H3;4H,2-3H2,1H3,(H,9,10,11)/q+1;/p-1. The highest BCUT2D eigenvalue weighted by Gasteiger charge is 2.68. The molecule has 0 aromatic carbocycles. The van der Waals surface area contributed by atoms with Gasteiger partial charge in [-0.3, -0.25) is 4.48 Å². The van der Waals surface area contributed by atoms with Gasteiger partial charge in [-0.15, -0.1) is 0 Å². The van der Waals surface area contributed by atoms with E-state index in [9.17, 15) is 26.1 Å². The summed E-state index contributed by atoms with van der Waals surface area (Å²) in [5, 5.41) is 0. The van der Waals surface area contributed by atoms with Crippen molar-refractivity contribution < 1.29 is 30.6 Å². The molecule has 0 aromatic rings. The minimum atomic E-state index is -4.53. The zero-order valence-electron chi connectivity index (χ0n) is 62.8. The first kappa shape index (κ1) is 89.4. The summed E-state index contributed by atoms with van der Waals surface area (Å²) in [6.07, 6.45) is 83.8. The van der Waals surface area contributed by atoms with Crippen LogP contribution in [0.5, 0.6) is 0 Å². The fourth-order valence-corrected chi connectivity index (χ4v) is 17.3. The number of hydrogen-bond donors (Lipinski definition) is 0. The Balaban J connectivity index is 0.00000591. The number of quaternary nitrogens is 1. The average Bonchev–Trinajstić information content (AvgIpc) is 0.705. The summed E-state index contributed by atoms with van der Waals surface area (Å²) in [6.45, 7) is 25.7. The van der Waals surface area contributed by atoms with Crippen molar-refractivity contribution in [2.24, 2.45) is 17.3 Å². The van der Waals surface area contributed by atoms with E-state index >= 15 is 0 Å². The van der Waals surface area contributed by atoms with Gasteiger partial charge in [0.1, 0.15) is 11.2 Å². The molecular formula is C82H162F3NO3S. The van der Waals surface area contributed by atoms with Crippen LogP contribution in [0.4, 0.5) is 13.2 Å². The molecule has 540 valence electrons. The van der Waals surface area contributed by atoms with Crippen LogP contribution in [0.15, 0.2) is 11.3 Å².